The van der Waals surface area contributed by atoms with Crippen molar-refractivity contribution in [2.24, 2.45) is 11.7 Å². The minimum Gasteiger partial charge on any atom is -0.475 e. The van der Waals surface area contributed by atoms with Crippen LogP contribution in [-0.2, 0) is 4.79 Å². The number of carbonyl (C=O) groups is 1. The highest BCUT2D eigenvalue weighted by molar-refractivity contribution is 5.73. The van der Waals surface area contributed by atoms with Crippen molar-refractivity contribution < 1.29 is 23.1 Å². The molecule has 0 spiro atoms. The summed E-state index contributed by atoms with van der Waals surface area (Å²) in [5, 5.41) is 7.12. The van der Waals surface area contributed by atoms with Gasteiger partial charge in [0.2, 0.25) is 0 Å². The molecule has 1 aliphatic rings. The lowest BCUT2D eigenvalue weighted by molar-refractivity contribution is -0.192. The summed E-state index contributed by atoms with van der Waals surface area (Å²) in [4.78, 5) is 8.90. The molecule has 0 saturated heterocycles. The number of alkyl halides is 3. The summed E-state index contributed by atoms with van der Waals surface area (Å²) in [7, 11) is 0. The monoisotopic (exact) mass is 197 g/mol. The van der Waals surface area contributed by atoms with Gasteiger partial charge >= 0.3 is 12.1 Å². The lowest BCUT2D eigenvalue weighted by atomic mass is 10.4. The van der Waals surface area contributed by atoms with Crippen molar-refractivity contribution >= 4 is 5.97 Å². The predicted octanol–water partition coefficient (Wildman–Crippen LogP) is 1.15. The molecule has 13 heavy (non-hydrogen) atoms. The molecule has 1 saturated carbocycles. The van der Waals surface area contributed by atoms with E-state index in [9.17, 15) is 13.2 Å². The van der Waals surface area contributed by atoms with Gasteiger partial charge in [0.15, 0.2) is 0 Å². The van der Waals surface area contributed by atoms with Crippen LogP contribution in [0.4, 0.5) is 13.2 Å². The smallest absolute Gasteiger partial charge is 0.475 e. The van der Waals surface area contributed by atoms with Gasteiger partial charge in [-0.1, -0.05) is 6.08 Å². The third-order valence-corrected chi connectivity index (χ3v) is 1.44. The fraction of sp³-hybridized carbons (Fsp3) is 0.571. The third kappa shape index (κ3) is 5.24. The van der Waals surface area contributed by atoms with Crippen molar-refractivity contribution in [1.29, 1.82) is 0 Å². The quantitative estimate of drug-likeness (QED) is 0.620. The van der Waals surface area contributed by atoms with Gasteiger partial charge < -0.3 is 10.8 Å². The standard InChI is InChI=1S/C5H9N.C2HF3O2/c1-2-4-3-5(4)6;3-2(4,5)1(6)7/h2,4-5H,1,3,6H2;(H,6,7)/t4-,5-;/m1./s1. The van der Waals surface area contributed by atoms with Gasteiger partial charge in [-0.05, 0) is 12.3 Å². The van der Waals surface area contributed by atoms with Crippen LogP contribution >= 0.6 is 0 Å². The van der Waals surface area contributed by atoms with Crippen molar-refractivity contribution in [2.75, 3.05) is 0 Å². The Morgan fingerprint density at radius 3 is 1.92 bits per heavy atom. The molecule has 0 aromatic carbocycles. The SMILES string of the molecule is C=C[C@@H]1C[C@H]1N.O=C(O)C(F)(F)F. The van der Waals surface area contributed by atoms with Gasteiger partial charge in [-0.3, -0.25) is 0 Å². The number of hydrogen-bond donors (Lipinski definition) is 2. The Balaban J connectivity index is 0.000000223. The largest absolute Gasteiger partial charge is 0.490 e. The zero-order chi connectivity index (χ0) is 10.6. The topological polar surface area (TPSA) is 63.3 Å². The van der Waals surface area contributed by atoms with E-state index < -0.39 is 12.1 Å². The van der Waals surface area contributed by atoms with E-state index >= 15 is 0 Å². The number of nitrogens with two attached hydrogens (primary N) is 1. The van der Waals surface area contributed by atoms with Gasteiger partial charge in [0.1, 0.15) is 0 Å². The number of carboxylic acids is 1. The van der Waals surface area contributed by atoms with Crippen LogP contribution in [0.1, 0.15) is 6.42 Å². The minimum absolute atomic E-state index is 0.447. The van der Waals surface area contributed by atoms with Crippen molar-refractivity contribution in [3.8, 4) is 0 Å². The van der Waals surface area contributed by atoms with Gasteiger partial charge in [-0.15, -0.1) is 6.58 Å². The first-order chi connectivity index (χ1) is 5.79. The highest BCUT2D eigenvalue weighted by Gasteiger charge is 2.38. The molecule has 3 N–H and O–H groups in total. The van der Waals surface area contributed by atoms with Gasteiger partial charge in [0.05, 0.1) is 0 Å². The Kier molecular flexibility index (Phi) is 3.93. The first-order valence-corrected chi connectivity index (χ1v) is 3.47. The second-order valence-corrected chi connectivity index (χ2v) is 2.60. The van der Waals surface area contributed by atoms with E-state index in [1.165, 1.54) is 0 Å². The second kappa shape index (κ2) is 4.27. The maximum atomic E-state index is 10.6. The molecule has 0 amide bonds. The highest BCUT2D eigenvalue weighted by atomic mass is 19.4. The number of hydrogen-bond acceptors (Lipinski definition) is 2. The van der Waals surface area contributed by atoms with Crippen LogP contribution in [0.25, 0.3) is 0 Å². The van der Waals surface area contributed by atoms with E-state index in [-0.39, 0.29) is 0 Å². The van der Waals surface area contributed by atoms with Crippen LogP contribution < -0.4 is 5.73 Å². The fourth-order valence-electron chi connectivity index (χ4n) is 0.507. The number of aliphatic carboxylic acids is 1. The van der Waals surface area contributed by atoms with Crippen LogP contribution in [-0.4, -0.2) is 23.3 Å². The Morgan fingerprint density at radius 1 is 1.62 bits per heavy atom. The Morgan fingerprint density at radius 2 is 1.92 bits per heavy atom. The van der Waals surface area contributed by atoms with Crippen molar-refractivity contribution in [2.45, 2.75) is 18.6 Å². The molecule has 1 aliphatic carbocycles. The maximum absolute atomic E-state index is 10.6. The molecule has 2 atom stereocenters. The predicted molar refractivity (Wildman–Crippen MR) is 40.0 cm³/mol. The third-order valence-electron chi connectivity index (χ3n) is 1.44. The highest BCUT2D eigenvalue weighted by Crippen LogP contribution is 2.27. The molecule has 0 unspecified atom stereocenters. The normalized spacial score (nSPS) is 25.5. The number of carboxylic acid groups (broad SMARTS) is 1. The second-order valence-electron chi connectivity index (χ2n) is 2.60. The van der Waals surface area contributed by atoms with E-state index in [1.807, 2.05) is 6.08 Å². The van der Waals surface area contributed by atoms with Crippen LogP contribution in [0, 0.1) is 5.92 Å². The van der Waals surface area contributed by atoms with E-state index in [2.05, 4.69) is 6.58 Å². The Bertz CT molecular complexity index is 202. The van der Waals surface area contributed by atoms with Gasteiger partial charge in [0, 0.05) is 6.04 Å². The summed E-state index contributed by atoms with van der Waals surface area (Å²) in [6.45, 7) is 3.59. The lowest BCUT2D eigenvalue weighted by Gasteiger charge is -1.93. The summed E-state index contributed by atoms with van der Waals surface area (Å²) >= 11 is 0. The zero-order valence-corrected chi connectivity index (χ0v) is 6.71. The van der Waals surface area contributed by atoms with E-state index in [0.29, 0.717) is 12.0 Å². The van der Waals surface area contributed by atoms with E-state index in [0.717, 1.165) is 6.42 Å². The number of rotatable bonds is 1. The summed E-state index contributed by atoms with van der Waals surface area (Å²) in [6.07, 6.45) is -2.01. The summed E-state index contributed by atoms with van der Waals surface area (Å²) in [5.74, 6) is -2.11. The Labute approximate surface area is 73.0 Å². The van der Waals surface area contributed by atoms with E-state index in [4.69, 9.17) is 15.6 Å². The molecular weight excluding hydrogens is 187 g/mol. The first kappa shape index (κ1) is 12.0. The summed E-state index contributed by atoms with van der Waals surface area (Å²) in [6, 6.07) is 0.447. The molecule has 76 valence electrons. The molecule has 0 heterocycles. The first-order valence-electron chi connectivity index (χ1n) is 3.47. The van der Waals surface area contributed by atoms with E-state index in [1.54, 1.807) is 0 Å². The molecule has 0 aromatic heterocycles. The Hall–Kier alpha value is -1.04. The molecule has 3 nitrogen and oxygen atoms in total. The molecule has 0 radical (unpaired) electrons. The minimum atomic E-state index is -5.08. The van der Waals surface area contributed by atoms with Gasteiger partial charge in [-0.25, -0.2) is 4.79 Å². The average Bonchev–Trinajstić information content (AvgIpc) is 2.65. The lowest BCUT2D eigenvalue weighted by Crippen LogP contribution is -2.21. The molecule has 0 aliphatic heterocycles. The van der Waals surface area contributed by atoms with Crippen molar-refractivity contribution in [3.05, 3.63) is 12.7 Å². The average molecular weight is 197 g/mol. The zero-order valence-electron chi connectivity index (χ0n) is 6.71. The van der Waals surface area contributed by atoms with Crippen molar-refractivity contribution in [1.82, 2.24) is 0 Å². The molecule has 6 heteroatoms. The molecular formula is C7H10F3NO2. The maximum Gasteiger partial charge on any atom is 0.490 e. The van der Waals surface area contributed by atoms with Gasteiger partial charge in [0.25, 0.3) is 0 Å². The number of halogens is 3. The molecule has 0 aromatic rings. The molecule has 0 bridgehead atoms. The molecule has 1 rings (SSSR count). The van der Waals surface area contributed by atoms with Gasteiger partial charge in [-0.2, -0.15) is 13.2 Å². The van der Waals surface area contributed by atoms with Crippen LogP contribution in [0.5, 0.6) is 0 Å². The summed E-state index contributed by atoms with van der Waals surface area (Å²) < 4.78 is 31.7. The van der Waals surface area contributed by atoms with Crippen LogP contribution in [0.3, 0.4) is 0 Å². The molecule has 1 fully saturated rings. The van der Waals surface area contributed by atoms with Crippen LogP contribution in [0.15, 0.2) is 12.7 Å². The fourth-order valence-corrected chi connectivity index (χ4v) is 0.507. The van der Waals surface area contributed by atoms with Crippen LogP contribution in [0.2, 0.25) is 0 Å². The summed E-state index contributed by atoms with van der Waals surface area (Å²) in [5.41, 5.74) is 5.41. The van der Waals surface area contributed by atoms with Crippen molar-refractivity contribution in [3.63, 3.8) is 0 Å².